The van der Waals surface area contributed by atoms with E-state index in [9.17, 15) is 8.42 Å². The highest BCUT2D eigenvalue weighted by Crippen LogP contribution is 2.22. The van der Waals surface area contributed by atoms with Crippen molar-refractivity contribution in [2.24, 2.45) is 0 Å². The second kappa shape index (κ2) is 5.45. The lowest BCUT2D eigenvalue weighted by Gasteiger charge is -2.17. The van der Waals surface area contributed by atoms with Gasteiger partial charge < -0.3 is 9.47 Å². The minimum Gasteiger partial charge on any atom is -0.348 e. The molecular formula is C11H15BrN2O4S. The Bertz CT molecular complexity index is 544. The van der Waals surface area contributed by atoms with Crippen molar-refractivity contribution in [3.8, 4) is 0 Å². The molecule has 106 valence electrons. The van der Waals surface area contributed by atoms with Gasteiger partial charge in [0.2, 0.25) is 0 Å². The standard InChI is InChI=1S/C11H15BrN2O4S/c1-11(2)17-7-9(18-11)6-14-19(15,16)10-4-3-8(12)5-13-10/h3-5,9,14H,6-7H2,1-2H3/t9-/m1/s1. The van der Waals surface area contributed by atoms with Crippen LogP contribution in [0.5, 0.6) is 0 Å². The lowest BCUT2D eigenvalue weighted by Crippen LogP contribution is -2.34. The van der Waals surface area contributed by atoms with Crippen molar-refractivity contribution in [2.75, 3.05) is 13.2 Å². The number of nitrogens with one attached hydrogen (secondary N) is 1. The number of halogens is 1. The van der Waals surface area contributed by atoms with Crippen LogP contribution in [0.4, 0.5) is 0 Å². The third kappa shape index (κ3) is 3.96. The maximum Gasteiger partial charge on any atom is 0.258 e. The number of hydrogen-bond acceptors (Lipinski definition) is 5. The fraction of sp³-hybridized carbons (Fsp3) is 0.545. The van der Waals surface area contributed by atoms with E-state index in [-0.39, 0.29) is 17.7 Å². The highest BCUT2D eigenvalue weighted by Gasteiger charge is 2.33. The summed E-state index contributed by atoms with van der Waals surface area (Å²) in [5.74, 6) is -0.661. The summed E-state index contributed by atoms with van der Waals surface area (Å²) in [6.45, 7) is 4.10. The molecule has 0 unspecified atom stereocenters. The van der Waals surface area contributed by atoms with Crippen LogP contribution >= 0.6 is 15.9 Å². The zero-order valence-corrected chi connectivity index (χ0v) is 13.0. The van der Waals surface area contributed by atoms with Crippen molar-refractivity contribution in [1.82, 2.24) is 9.71 Å². The van der Waals surface area contributed by atoms with Gasteiger partial charge in [0, 0.05) is 17.2 Å². The summed E-state index contributed by atoms with van der Waals surface area (Å²) in [5, 5.41) is -0.0196. The predicted octanol–water partition coefficient (Wildman–Crippen LogP) is 1.27. The van der Waals surface area contributed by atoms with E-state index in [2.05, 4.69) is 25.6 Å². The monoisotopic (exact) mass is 350 g/mol. The van der Waals surface area contributed by atoms with Gasteiger partial charge in [-0.25, -0.2) is 18.1 Å². The Balaban J connectivity index is 1.97. The van der Waals surface area contributed by atoms with Gasteiger partial charge in [-0.15, -0.1) is 0 Å². The quantitative estimate of drug-likeness (QED) is 0.884. The van der Waals surface area contributed by atoms with Crippen LogP contribution in [0.25, 0.3) is 0 Å². The van der Waals surface area contributed by atoms with Crippen molar-refractivity contribution in [3.63, 3.8) is 0 Å². The first-order chi connectivity index (χ1) is 8.78. The molecule has 2 rings (SSSR count). The first-order valence-corrected chi connectivity index (χ1v) is 7.99. The van der Waals surface area contributed by atoms with Gasteiger partial charge in [-0.3, -0.25) is 0 Å². The predicted molar refractivity (Wildman–Crippen MR) is 72.0 cm³/mol. The highest BCUT2D eigenvalue weighted by molar-refractivity contribution is 9.10. The molecule has 0 saturated carbocycles. The van der Waals surface area contributed by atoms with E-state index in [0.29, 0.717) is 6.61 Å². The fourth-order valence-electron chi connectivity index (χ4n) is 1.66. The molecule has 6 nitrogen and oxygen atoms in total. The molecule has 0 spiro atoms. The molecule has 0 radical (unpaired) electrons. The first-order valence-electron chi connectivity index (χ1n) is 5.71. The Morgan fingerprint density at radius 1 is 1.53 bits per heavy atom. The zero-order valence-electron chi connectivity index (χ0n) is 10.6. The lowest BCUT2D eigenvalue weighted by molar-refractivity contribution is -0.137. The van der Waals surface area contributed by atoms with Crippen LogP contribution in [0.15, 0.2) is 27.8 Å². The molecule has 0 amide bonds. The molecular weight excluding hydrogens is 336 g/mol. The van der Waals surface area contributed by atoms with Crippen LogP contribution in [0.1, 0.15) is 13.8 Å². The lowest BCUT2D eigenvalue weighted by atomic mass is 10.4. The molecule has 2 heterocycles. The van der Waals surface area contributed by atoms with Gasteiger partial charge in [-0.1, -0.05) is 0 Å². The summed E-state index contributed by atoms with van der Waals surface area (Å²) in [4.78, 5) is 3.85. The Labute approximate surface area is 120 Å². The number of sulfonamides is 1. The summed E-state index contributed by atoms with van der Waals surface area (Å²) >= 11 is 3.20. The maximum absolute atomic E-state index is 12.0. The SMILES string of the molecule is CC1(C)OC[C@@H](CNS(=O)(=O)c2ccc(Br)cn2)O1. The smallest absolute Gasteiger partial charge is 0.258 e. The van der Waals surface area contributed by atoms with Gasteiger partial charge in [-0.05, 0) is 41.9 Å². The second-order valence-corrected chi connectivity index (χ2v) is 7.25. The average Bonchev–Trinajstić information content (AvgIpc) is 2.67. The van der Waals surface area contributed by atoms with Crippen molar-refractivity contribution < 1.29 is 17.9 Å². The van der Waals surface area contributed by atoms with Crippen LogP contribution in [-0.4, -0.2) is 38.4 Å². The number of hydrogen-bond donors (Lipinski definition) is 1. The number of rotatable bonds is 4. The normalized spacial score (nSPS) is 22.6. The van der Waals surface area contributed by atoms with E-state index in [4.69, 9.17) is 9.47 Å². The minimum atomic E-state index is -3.62. The third-order valence-corrected chi connectivity index (χ3v) is 4.35. The van der Waals surface area contributed by atoms with E-state index in [0.717, 1.165) is 4.47 Å². The van der Waals surface area contributed by atoms with E-state index in [1.54, 1.807) is 19.9 Å². The van der Waals surface area contributed by atoms with Crippen LogP contribution in [0.2, 0.25) is 0 Å². The summed E-state index contributed by atoms with van der Waals surface area (Å²) < 4.78 is 38.0. The van der Waals surface area contributed by atoms with Crippen molar-refractivity contribution in [2.45, 2.75) is 30.8 Å². The number of aromatic nitrogens is 1. The van der Waals surface area contributed by atoms with Gasteiger partial charge in [0.05, 0.1) is 12.7 Å². The maximum atomic E-state index is 12.0. The molecule has 1 fully saturated rings. The van der Waals surface area contributed by atoms with E-state index in [1.807, 2.05) is 0 Å². The summed E-state index contributed by atoms with van der Waals surface area (Å²) in [7, 11) is -3.62. The Kier molecular flexibility index (Phi) is 4.26. The topological polar surface area (TPSA) is 77.5 Å². The van der Waals surface area contributed by atoms with E-state index >= 15 is 0 Å². The highest BCUT2D eigenvalue weighted by atomic mass is 79.9. The van der Waals surface area contributed by atoms with Crippen molar-refractivity contribution >= 4 is 26.0 Å². The summed E-state index contributed by atoms with van der Waals surface area (Å²) in [5.41, 5.74) is 0. The fourth-order valence-corrected chi connectivity index (χ4v) is 2.89. The van der Waals surface area contributed by atoms with Crippen LogP contribution < -0.4 is 4.72 Å². The van der Waals surface area contributed by atoms with Gasteiger partial charge in [0.25, 0.3) is 10.0 Å². The van der Waals surface area contributed by atoms with Crippen molar-refractivity contribution in [3.05, 3.63) is 22.8 Å². The summed E-state index contributed by atoms with van der Waals surface area (Å²) in [6, 6.07) is 3.06. The average molecular weight is 351 g/mol. The van der Waals surface area contributed by atoms with Crippen molar-refractivity contribution in [1.29, 1.82) is 0 Å². The minimum absolute atomic E-state index is 0.0196. The number of ether oxygens (including phenoxy) is 2. The zero-order chi connectivity index (χ0) is 14.1. The van der Waals surface area contributed by atoms with Gasteiger partial charge in [0.1, 0.15) is 0 Å². The molecule has 0 aromatic carbocycles. The molecule has 1 atom stereocenters. The van der Waals surface area contributed by atoms with Crippen LogP contribution in [-0.2, 0) is 19.5 Å². The number of nitrogens with zero attached hydrogens (tertiary/aromatic N) is 1. The first kappa shape index (κ1) is 14.9. The van der Waals surface area contributed by atoms with E-state index in [1.165, 1.54) is 12.3 Å². The molecule has 19 heavy (non-hydrogen) atoms. The largest absolute Gasteiger partial charge is 0.348 e. The molecule has 1 N–H and O–H groups in total. The molecule has 1 saturated heterocycles. The molecule has 0 bridgehead atoms. The summed E-state index contributed by atoms with van der Waals surface area (Å²) in [6.07, 6.45) is 1.15. The third-order valence-electron chi connectivity index (χ3n) is 2.54. The Morgan fingerprint density at radius 3 is 2.79 bits per heavy atom. The van der Waals surface area contributed by atoms with Crippen LogP contribution in [0.3, 0.4) is 0 Å². The number of pyridine rings is 1. The van der Waals surface area contributed by atoms with E-state index < -0.39 is 15.8 Å². The second-order valence-electron chi connectivity index (χ2n) is 4.62. The van der Waals surface area contributed by atoms with Gasteiger partial charge in [-0.2, -0.15) is 0 Å². The van der Waals surface area contributed by atoms with Gasteiger partial charge in [0.15, 0.2) is 10.8 Å². The van der Waals surface area contributed by atoms with Crippen LogP contribution in [0, 0.1) is 0 Å². The Morgan fingerprint density at radius 2 is 2.26 bits per heavy atom. The molecule has 8 heteroatoms. The molecule has 1 aromatic rings. The molecule has 0 aliphatic carbocycles. The molecule has 1 aliphatic heterocycles. The molecule has 1 aliphatic rings. The Hall–Kier alpha value is -0.540. The molecule has 1 aromatic heterocycles. The van der Waals surface area contributed by atoms with Gasteiger partial charge >= 0.3 is 0 Å².